The number of aromatic nitrogens is 5. The normalized spacial score (nSPS) is 17.3. The molecule has 0 spiro atoms. The van der Waals surface area contributed by atoms with E-state index in [1.165, 1.54) is 18.5 Å². The van der Waals surface area contributed by atoms with E-state index in [-0.39, 0.29) is 41.1 Å². The Balaban J connectivity index is 1.34. The van der Waals surface area contributed by atoms with E-state index in [1.807, 2.05) is 0 Å². The van der Waals surface area contributed by atoms with Crippen molar-refractivity contribution in [2.45, 2.75) is 56.8 Å². The number of halogens is 8. The van der Waals surface area contributed by atoms with Crippen LogP contribution in [0.15, 0.2) is 60.9 Å². The minimum Gasteiger partial charge on any atom is -0.366 e. The standard InChI is InChI=1S/C38H27F8N7O2/c1-18-10-19(8-9-48-18)2-7-30-49-16-26(21-3-6-28(41)25(14-21)36(47)55)33(51-30)29(13-20-11-22(39)15-23(40)12-20)50-31(54)17-53-35-32(34(52-53)38(44,45)46)24-4-5-27(24)37(35,42)43/h3,6,8-12,14-16,24,27,29H,4-5,13,17H2,1H3,(H2,47,55)(H,50,54)/t24-,27+,29-/m0/s1. The van der Waals surface area contributed by atoms with Crippen LogP contribution in [0.4, 0.5) is 35.1 Å². The topological polar surface area (TPSA) is 129 Å². The molecule has 1 saturated carbocycles. The molecule has 9 nitrogen and oxygen atoms in total. The zero-order chi connectivity index (χ0) is 39.4. The number of carbonyl (C=O) groups is 2. The van der Waals surface area contributed by atoms with Gasteiger partial charge in [-0.1, -0.05) is 12.0 Å². The average molecular weight is 766 g/mol. The van der Waals surface area contributed by atoms with Crippen molar-refractivity contribution in [3.63, 3.8) is 0 Å². The Morgan fingerprint density at radius 3 is 2.42 bits per heavy atom. The van der Waals surface area contributed by atoms with Crippen molar-refractivity contribution in [3.8, 4) is 23.0 Å². The molecular weight excluding hydrogens is 738 g/mol. The van der Waals surface area contributed by atoms with E-state index < -0.39 is 94.7 Å². The minimum absolute atomic E-state index is 0.00849. The van der Waals surface area contributed by atoms with Crippen molar-refractivity contribution in [3.05, 3.63) is 129 Å². The second-order valence-electron chi connectivity index (χ2n) is 13.3. The van der Waals surface area contributed by atoms with Crippen LogP contribution < -0.4 is 11.1 Å². The lowest BCUT2D eigenvalue weighted by atomic mass is 9.73. The van der Waals surface area contributed by atoms with Crippen molar-refractivity contribution in [1.29, 1.82) is 0 Å². The van der Waals surface area contributed by atoms with Gasteiger partial charge in [0.1, 0.15) is 29.7 Å². The van der Waals surface area contributed by atoms with Gasteiger partial charge in [-0.25, -0.2) is 23.1 Å². The molecule has 1 fully saturated rings. The van der Waals surface area contributed by atoms with Gasteiger partial charge in [0.2, 0.25) is 11.7 Å². The highest BCUT2D eigenvalue weighted by molar-refractivity contribution is 5.94. The highest BCUT2D eigenvalue weighted by Crippen LogP contribution is 2.64. The number of fused-ring (bicyclic) bond motifs is 3. The monoisotopic (exact) mass is 765 g/mol. The molecule has 2 aromatic carbocycles. The number of aryl methyl sites for hydroxylation is 1. The number of hydrogen-bond acceptors (Lipinski definition) is 6. The summed E-state index contributed by atoms with van der Waals surface area (Å²) in [5.41, 5.74) is 2.94. The summed E-state index contributed by atoms with van der Waals surface area (Å²) in [7, 11) is 0. The van der Waals surface area contributed by atoms with Gasteiger partial charge in [0, 0.05) is 46.8 Å². The van der Waals surface area contributed by atoms with Gasteiger partial charge in [-0.3, -0.25) is 19.3 Å². The maximum absolute atomic E-state index is 15.5. The summed E-state index contributed by atoms with van der Waals surface area (Å²) >= 11 is 0. The van der Waals surface area contributed by atoms with E-state index >= 15 is 8.78 Å². The van der Waals surface area contributed by atoms with Gasteiger partial charge in [0.05, 0.1) is 17.3 Å². The van der Waals surface area contributed by atoms with Gasteiger partial charge in [0.15, 0.2) is 5.69 Å². The van der Waals surface area contributed by atoms with Crippen molar-refractivity contribution in [2.75, 3.05) is 0 Å². The lowest BCUT2D eigenvalue weighted by Crippen LogP contribution is -2.36. The smallest absolute Gasteiger partial charge is 0.366 e. The third-order valence-corrected chi connectivity index (χ3v) is 9.58. The van der Waals surface area contributed by atoms with E-state index in [0.717, 1.165) is 24.3 Å². The molecule has 0 saturated heterocycles. The summed E-state index contributed by atoms with van der Waals surface area (Å²) in [6.45, 7) is 0.644. The largest absolute Gasteiger partial charge is 0.435 e. The molecule has 282 valence electrons. The van der Waals surface area contributed by atoms with Gasteiger partial charge >= 0.3 is 6.18 Å². The summed E-state index contributed by atoms with van der Waals surface area (Å²) in [5, 5.41) is 6.00. The van der Waals surface area contributed by atoms with Crippen molar-refractivity contribution in [2.24, 2.45) is 11.7 Å². The van der Waals surface area contributed by atoms with Crippen molar-refractivity contribution in [1.82, 2.24) is 30.0 Å². The van der Waals surface area contributed by atoms with Crippen LogP contribution >= 0.6 is 0 Å². The lowest BCUT2D eigenvalue weighted by molar-refractivity contribution is -0.144. The van der Waals surface area contributed by atoms with Gasteiger partial charge in [-0.05, 0) is 85.5 Å². The number of nitrogens with two attached hydrogens (primary N) is 1. The molecule has 2 amide bonds. The highest BCUT2D eigenvalue weighted by atomic mass is 19.4. The zero-order valence-corrected chi connectivity index (χ0v) is 28.5. The molecule has 3 heterocycles. The van der Waals surface area contributed by atoms with Crippen LogP contribution in [0.25, 0.3) is 11.1 Å². The third-order valence-electron chi connectivity index (χ3n) is 9.58. The van der Waals surface area contributed by atoms with Crippen molar-refractivity contribution >= 4 is 11.8 Å². The summed E-state index contributed by atoms with van der Waals surface area (Å²) < 4.78 is 117. The number of rotatable bonds is 8. The summed E-state index contributed by atoms with van der Waals surface area (Å²) in [5.74, 6) is -5.77. The molecule has 5 aromatic rings. The molecule has 0 radical (unpaired) electrons. The minimum atomic E-state index is -5.09. The van der Waals surface area contributed by atoms with Crippen LogP contribution in [0.1, 0.15) is 80.4 Å². The third kappa shape index (κ3) is 7.23. The maximum atomic E-state index is 15.5. The van der Waals surface area contributed by atoms with Gasteiger partial charge in [-0.2, -0.15) is 27.1 Å². The fourth-order valence-electron chi connectivity index (χ4n) is 7.09. The fourth-order valence-corrected chi connectivity index (χ4v) is 7.09. The number of alkyl halides is 5. The van der Waals surface area contributed by atoms with E-state index in [9.17, 15) is 35.9 Å². The quantitative estimate of drug-likeness (QED) is 0.134. The summed E-state index contributed by atoms with van der Waals surface area (Å²) in [6, 6.07) is 7.69. The Labute approximate surface area is 307 Å². The van der Waals surface area contributed by atoms with Crippen molar-refractivity contribution < 1.29 is 44.7 Å². The van der Waals surface area contributed by atoms with Crippen LogP contribution in [-0.4, -0.2) is 36.5 Å². The molecule has 0 bridgehead atoms. The zero-order valence-electron chi connectivity index (χ0n) is 28.5. The molecule has 3 atom stereocenters. The molecule has 0 aliphatic heterocycles. The number of primary amides is 1. The van der Waals surface area contributed by atoms with Crippen LogP contribution in [-0.2, 0) is 29.9 Å². The molecule has 7 rings (SSSR count). The number of nitrogens with one attached hydrogen (secondary N) is 1. The van der Waals surface area contributed by atoms with E-state index in [2.05, 4.69) is 37.2 Å². The predicted octanol–water partition coefficient (Wildman–Crippen LogP) is 6.68. The molecule has 2 aliphatic carbocycles. The number of nitrogens with zero attached hydrogens (tertiary/aromatic N) is 5. The Bertz CT molecular complexity index is 2420. The first-order chi connectivity index (χ1) is 26.0. The van der Waals surface area contributed by atoms with E-state index in [4.69, 9.17) is 5.73 Å². The average Bonchev–Trinajstić information content (AvgIpc) is 3.52. The number of hydrogen-bond donors (Lipinski definition) is 2. The maximum Gasteiger partial charge on any atom is 0.435 e. The van der Waals surface area contributed by atoms with Gasteiger partial charge in [-0.15, -0.1) is 0 Å². The Kier molecular flexibility index (Phi) is 9.39. The summed E-state index contributed by atoms with van der Waals surface area (Å²) in [6.07, 6.45) is -2.65. The number of amides is 2. The molecular formula is C38H27F8N7O2. The second kappa shape index (κ2) is 13.9. The number of carbonyl (C=O) groups excluding carboxylic acids is 2. The first-order valence-electron chi connectivity index (χ1n) is 16.7. The SMILES string of the molecule is Cc1cc(C#Cc2ncc(-c3ccc(F)c(C(N)=O)c3)c([C@H](Cc3cc(F)cc(F)c3)NC(=O)Cn3nc(C(F)(F)F)c4c3C(F)(F)[C@@H]3CC[C@H]43)n2)ccn1. The lowest BCUT2D eigenvalue weighted by Gasteiger charge is -2.34. The molecule has 55 heavy (non-hydrogen) atoms. The van der Waals surface area contributed by atoms with E-state index in [0.29, 0.717) is 22.0 Å². The number of benzene rings is 2. The highest BCUT2D eigenvalue weighted by Gasteiger charge is 2.63. The molecule has 3 N–H and O–H groups in total. The van der Waals surface area contributed by atoms with Gasteiger partial charge in [0.25, 0.3) is 11.8 Å². The first kappa shape index (κ1) is 37.1. The molecule has 0 unspecified atom stereocenters. The van der Waals surface area contributed by atoms with E-state index in [1.54, 1.807) is 19.1 Å². The van der Waals surface area contributed by atoms with Crippen LogP contribution in [0.2, 0.25) is 0 Å². The van der Waals surface area contributed by atoms with Crippen LogP contribution in [0.5, 0.6) is 0 Å². The van der Waals surface area contributed by atoms with Crippen LogP contribution in [0.3, 0.4) is 0 Å². The second-order valence-corrected chi connectivity index (χ2v) is 13.3. The predicted molar refractivity (Wildman–Crippen MR) is 178 cm³/mol. The molecule has 17 heteroatoms. The fraction of sp³-hybridized carbons (Fsp3) is 0.263. The Hall–Kier alpha value is -6.18. The van der Waals surface area contributed by atoms with Crippen LogP contribution in [0, 0.1) is 42.1 Å². The molecule has 3 aromatic heterocycles. The van der Waals surface area contributed by atoms with Gasteiger partial charge < -0.3 is 11.1 Å². The first-order valence-corrected chi connectivity index (χ1v) is 16.7. The summed E-state index contributed by atoms with van der Waals surface area (Å²) in [4.78, 5) is 38.8. The number of pyridine rings is 1. The Morgan fingerprint density at radius 1 is 1.02 bits per heavy atom. The Morgan fingerprint density at radius 2 is 1.76 bits per heavy atom. The molecule has 2 aliphatic rings.